The quantitative estimate of drug-likeness (QED) is 0.529. The van der Waals surface area contributed by atoms with Crippen molar-refractivity contribution in [2.24, 2.45) is 11.3 Å². The first-order valence-electron chi connectivity index (χ1n) is 12.0. The summed E-state index contributed by atoms with van der Waals surface area (Å²) in [5.41, 5.74) is 2.88. The summed E-state index contributed by atoms with van der Waals surface area (Å²) in [6.07, 6.45) is 8.02. The lowest BCUT2D eigenvalue weighted by atomic mass is 9.64. The third-order valence-corrected chi connectivity index (χ3v) is 7.89. The van der Waals surface area contributed by atoms with E-state index in [-0.39, 0.29) is 23.0 Å². The Morgan fingerprint density at radius 1 is 0.939 bits per heavy atom. The van der Waals surface area contributed by atoms with Crippen LogP contribution in [0.2, 0.25) is 0 Å². The molecule has 0 spiro atoms. The van der Waals surface area contributed by atoms with Gasteiger partial charge in [-0.15, -0.1) is 0 Å². The second-order valence-corrected chi connectivity index (χ2v) is 11.2. The van der Waals surface area contributed by atoms with Crippen LogP contribution in [0.4, 0.5) is 0 Å². The predicted octanol–water partition coefficient (Wildman–Crippen LogP) is 5.47. The van der Waals surface area contributed by atoms with Gasteiger partial charge in [0.25, 0.3) is 0 Å². The first kappa shape index (κ1) is 22.1. The summed E-state index contributed by atoms with van der Waals surface area (Å²) in [5.74, 6) is 1.98. The Balaban J connectivity index is 1.43. The van der Waals surface area contributed by atoms with E-state index in [4.69, 9.17) is 9.47 Å². The molecule has 3 atom stereocenters. The number of benzene rings is 2. The van der Waals surface area contributed by atoms with Gasteiger partial charge < -0.3 is 24.8 Å². The average molecular weight is 451 g/mol. The van der Waals surface area contributed by atoms with Gasteiger partial charge in [0, 0.05) is 17.9 Å². The molecule has 0 bridgehead atoms. The maximum Gasteiger partial charge on any atom is 0.164 e. The third kappa shape index (κ3) is 3.97. The van der Waals surface area contributed by atoms with Crippen molar-refractivity contribution >= 4 is 12.2 Å². The summed E-state index contributed by atoms with van der Waals surface area (Å²) < 4.78 is 12.2. The molecule has 33 heavy (non-hydrogen) atoms. The Morgan fingerprint density at radius 2 is 1.64 bits per heavy atom. The molecular weight excluding hydrogens is 416 g/mol. The second-order valence-electron chi connectivity index (χ2n) is 11.2. The molecule has 3 aliphatic rings. The van der Waals surface area contributed by atoms with Crippen molar-refractivity contribution in [3.05, 3.63) is 46.5 Å². The van der Waals surface area contributed by atoms with Crippen molar-refractivity contribution < 1.29 is 24.8 Å². The molecule has 0 saturated heterocycles. The summed E-state index contributed by atoms with van der Waals surface area (Å²) in [4.78, 5) is 0. The van der Waals surface area contributed by atoms with E-state index in [1.54, 1.807) is 12.1 Å². The summed E-state index contributed by atoms with van der Waals surface area (Å²) in [6.45, 7) is 8.34. The molecule has 2 heterocycles. The molecule has 1 saturated carbocycles. The minimum atomic E-state index is -0.711. The van der Waals surface area contributed by atoms with E-state index in [2.05, 4.69) is 19.9 Å². The number of rotatable bonds is 2. The smallest absolute Gasteiger partial charge is 0.164 e. The number of hydrogen-bond donors (Lipinski definition) is 3. The molecule has 2 aliphatic heterocycles. The van der Waals surface area contributed by atoms with E-state index < -0.39 is 11.7 Å². The minimum absolute atomic E-state index is 0.119. The fourth-order valence-electron chi connectivity index (χ4n) is 5.69. The zero-order chi connectivity index (χ0) is 23.5. The second kappa shape index (κ2) is 7.69. The molecule has 3 N–H and O–H groups in total. The SMILES string of the molecule is CC1(C)CCCC2Oc3c(O)cc(/C=C/c4cc(O)c5c(c4)OC(C)(C)C(O)C5)cc3CC21. The van der Waals surface area contributed by atoms with Crippen molar-refractivity contribution in [3.63, 3.8) is 0 Å². The molecule has 1 fully saturated rings. The van der Waals surface area contributed by atoms with Crippen LogP contribution in [0.25, 0.3) is 12.2 Å². The highest BCUT2D eigenvalue weighted by molar-refractivity contribution is 5.73. The molecule has 3 unspecified atom stereocenters. The third-order valence-electron chi connectivity index (χ3n) is 7.89. The summed E-state index contributed by atoms with van der Waals surface area (Å²) in [6, 6.07) is 7.40. The van der Waals surface area contributed by atoms with E-state index >= 15 is 0 Å². The normalized spacial score (nSPS) is 27.1. The van der Waals surface area contributed by atoms with Crippen molar-refractivity contribution in [1.82, 2.24) is 0 Å². The molecule has 5 heteroatoms. The molecule has 1 aliphatic carbocycles. The number of phenols is 2. The molecule has 2 aromatic rings. The van der Waals surface area contributed by atoms with Crippen LogP contribution in [0.15, 0.2) is 24.3 Å². The van der Waals surface area contributed by atoms with Gasteiger partial charge in [0.05, 0.1) is 6.10 Å². The first-order valence-corrected chi connectivity index (χ1v) is 12.0. The van der Waals surface area contributed by atoms with Crippen LogP contribution in [0.5, 0.6) is 23.0 Å². The molecule has 0 aromatic heterocycles. The number of fused-ring (bicyclic) bond motifs is 3. The van der Waals surface area contributed by atoms with E-state index in [9.17, 15) is 15.3 Å². The Hall–Kier alpha value is -2.66. The largest absolute Gasteiger partial charge is 0.508 e. The number of aliphatic hydroxyl groups excluding tert-OH is 1. The van der Waals surface area contributed by atoms with E-state index in [0.717, 1.165) is 29.5 Å². The van der Waals surface area contributed by atoms with Gasteiger partial charge in [-0.2, -0.15) is 0 Å². The zero-order valence-corrected chi connectivity index (χ0v) is 19.9. The Morgan fingerprint density at radius 3 is 2.39 bits per heavy atom. The molecule has 5 rings (SSSR count). The highest BCUT2D eigenvalue weighted by Crippen LogP contribution is 2.50. The number of hydrogen-bond acceptors (Lipinski definition) is 5. The monoisotopic (exact) mass is 450 g/mol. The van der Waals surface area contributed by atoms with E-state index in [1.165, 1.54) is 12.8 Å². The first-order chi connectivity index (χ1) is 15.5. The van der Waals surface area contributed by atoms with E-state index in [1.807, 2.05) is 32.1 Å². The van der Waals surface area contributed by atoms with Gasteiger partial charge in [0.1, 0.15) is 23.2 Å². The van der Waals surface area contributed by atoms with Gasteiger partial charge in [0.15, 0.2) is 11.5 Å². The van der Waals surface area contributed by atoms with E-state index in [0.29, 0.717) is 29.4 Å². The van der Waals surface area contributed by atoms with Crippen molar-refractivity contribution in [2.45, 2.75) is 77.6 Å². The minimum Gasteiger partial charge on any atom is -0.508 e. The van der Waals surface area contributed by atoms with Crippen LogP contribution < -0.4 is 9.47 Å². The molecule has 0 amide bonds. The van der Waals surface area contributed by atoms with Gasteiger partial charge in [-0.25, -0.2) is 0 Å². The fourth-order valence-corrected chi connectivity index (χ4v) is 5.69. The zero-order valence-electron chi connectivity index (χ0n) is 19.9. The van der Waals surface area contributed by atoms with Crippen LogP contribution in [0.1, 0.15) is 69.2 Å². The standard InChI is InChI=1S/C28H34O5/c1-27(2)9-5-6-23-20(27)14-18-10-16(12-22(30)26(18)32-23)7-8-17-11-21(29)19-15-25(31)28(3,4)33-24(19)13-17/h7-8,10-13,20,23,25,29-31H,5-6,9,14-15H2,1-4H3/b8-7+. The summed E-state index contributed by atoms with van der Waals surface area (Å²) in [5, 5.41) is 31.5. The van der Waals surface area contributed by atoms with Gasteiger partial charge in [-0.1, -0.05) is 26.0 Å². The molecule has 5 nitrogen and oxygen atoms in total. The van der Waals surface area contributed by atoms with Crippen LogP contribution in [0, 0.1) is 11.3 Å². The van der Waals surface area contributed by atoms with Gasteiger partial charge >= 0.3 is 0 Å². The highest BCUT2D eigenvalue weighted by atomic mass is 16.5. The van der Waals surface area contributed by atoms with Crippen LogP contribution in [-0.4, -0.2) is 33.1 Å². The Labute approximate surface area is 195 Å². The Kier molecular flexibility index (Phi) is 5.16. The maximum atomic E-state index is 10.7. The average Bonchev–Trinajstić information content (AvgIpc) is 2.73. The van der Waals surface area contributed by atoms with Crippen LogP contribution in [0.3, 0.4) is 0 Å². The number of phenolic OH excluding ortho intramolecular Hbond substituents is 2. The van der Waals surface area contributed by atoms with Crippen molar-refractivity contribution in [2.75, 3.05) is 0 Å². The molecule has 0 radical (unpaired) electrons. The molecule has 176 valence electrons. The molecule has 2 aromatic carbocycles. The number of ether oxygens (including phenoxy) is 2. The molecular formula is C28H34O5. The summed E-state index contributed by atoms with van der Waals surface area (Å²) in [7, 11) is 0. The maximum absolute atomic E-state index is 10.7. The van der Waals surface area contributed by atoms with Gasteiger partial charge in [-0.05, 0) is 85.9 Å². The van der Waals surface area contributed by atoms with Gasteiger partial charge in [-0.3, -0.25) is 0 Å². The Bertz CT molecular complexity index is 1110. The fraction of sp³-hybridized carbons (Fsp3) is 0.500. The topological polar surface area (TPSA) is 79.2 Å². The van der Waals surface area contributed by atoms with Crippen molar-refractivity contribution in [3.8, 4) is 23.0 Å². The predicted molar refractivity (Wildman–Crippen MR) is 129 cm³/mol. The number of aromatic hydroxyl groups is 2. The van der Waals surface area contributed by atoms with Crippen LogP contribution in [-0.2, 0) is 12.8 Å². The number of aliphatic hydroxyl groups is 1. The summed E-state index contributed by atoms with van der Waals surface area (Å²) >= 11 is 0. The highest BCUT2D eigenvalue weighted by Gasteiger charge is 2.43. The van der Waals surface area contributed by atoms with Crippen LogP contribution >= 0.6 is 0 Å². The van der Waals surface area contributed by atoms with Gasteiger partial charge in [0.2, 0.25) is 0 Å². The lowest BCUT2D eigenvalue weighted by Gasteiger charge is -2.46. The van der Waals surface area contributed by atoms with Crippen molar-refractivity contribution in [1.29, 1.82) is 0 Å². The lowest BCUT2D eigenvalue weighted by Crippen LogP contribution is -2.46. The lowest BCUT2D eigenvalue weighted by molar-refractivity contribution is -0.0417.